The highest BCUT2D eigenvalue weighted by Gasteiger charge is 2.12. The highest BCUT2D eigenvalue weighted by molar-refractivity contribution is 5.76. The number of allylic oxidation sites excluding steroid dienone is 3. The highest BCUT2D eigenvalue weighted by Crippen LogP contribution is 2.27. The van der Waals surface area contributed by atoms with Crippen molar-refractivity contribution in [2.75, 3.05) is 0 Å². The van der Waals surface area contributed by atoms with Crippen molar-refractivity contribution in [3.8, 4) is 11.3 Å². The minimum atomic E-state index is 0.871. The third-order valence-corrected chi connectivity index (χ3v) is 3.53. The molecule has 1 aromatic heterocycles. The lowest BCUT2D eigenvalue weighted by atomic mass is 10.0. The Bertz CT molecular complexity index is 696. The first-order chi connectivity index (χ1) is 10.1. The molecular weight excluding hydrogens is 256 g/mol. The highest BCUT2D eigenvalue weighted by atomic mass is 14.8. The topological polar surface area (TPSA) is 25.8 Å². The summed E-state index contributed by atoms with van der Waals surface area (Å²) in [5.41, 5.74) is 7.19. The van der Waals surface area contributed by atoms with Gasteiger partial charge in [0.2, 0.25) is 0 Å². The summed E-state index contributed by atoms with van der Waals surface area (Å²) in [5.74, 6) is 0. The monoisotopic (exact) mass is 278 g/mol. The number of nitrogens with zero attached hydrogens (tertiary/aromatic N) is 2. The predicted octanol–water partition coefficient (Wildman–Crippen LogP) is 5.30. The molecule has 0 radical (unpaired) electrons. The van der Waals surface area contributed by atoms with E-state index in [0.717, 1.165) is 34.6 Å². The van der Waals surface area contributed by atoms with Gasteiger partial charge in [-0.15, -0.1) is 0 Å². The van der Waals surface area contributed by atoms with E-state index in [4.69, 9.17) is 4.98 Å². The molecule has 0 bridgehead atoms. The van der Waals surface area contributed by atoms with Crippen LogP contribution < -0.4 is 0 Å². The molecule has 2 nitrogen and oxygen atoms in total. The van der Waals surface area contributed by atoms with Crippen LogP contribution in [0.4, 0.5) is 0 Å². The normalized spacial score (nSPS) is 11.5. The van der Waals surface area contributed by atoms with Crippen LogP contribution in [0.25, 0.3) is 22.4 Å². The van der Waals surface area contributed by atoms with Crippen LogP contribution in [0.15, 0.2) is 43.1 Å². The fourth-order valence-corrected chi connectivity index (χ4v) is 2.38. The van der Waals surface area contributed by atoms with E-state index in [0.29, 0.717) is 0 Å². The van der Waals surface area contributed by atoms with Gasteiger partial charge in [-0.1, -0.05) is 43.3 Å². The molecule has 0 saturated carbocycles. The van der Waals surface area contributed by atoms with Gasteiger partial charge in [-0.3, -0.25) is 4.98 Å². The molecule has 0 fully saturated rings. The molecule has 2 aromatic rings. The Labute approximate surface area is 127 Å². The molecule has 0 aliphatic carbocycles. The SMILES string of the molecule is C=C(C)c1ncc(/C(=C\C)CC)nc1-c1cccc(C)c1. The van der Waals surface area contributed by atoms with E-state index < -0.39 is 0 Å². The van der Waals surface area contributed by atoms with Gasteiger partial charge in [0.25, 0.3) is 0 Å². The predicted molar refractivity (Wildman–Crippen MR) is 90.9 cm³/mol. The molecule has 0 atom stereocenters. The Hall–Kier alpha value is -2.22. The fraction of sp³-hybridized carbons (Fsp3) is 0.263. The molecule has 21 heavy (non-hydrogen) atoms. The molecule has 0 N–H and O–H groups in total. The lowest BCUT2D eigenvalue weighted by molar-refractivity contribution is 1.11. The molecule has 2 rings (SSSR count). The summed E-state index contributed by atoms with van der Waals surface area (Å²) in [5, 5.41) is 0. The quantitative estimate of drug-likeness (QED) is 0.758. The van der Waals surface area contributed by atoms with Gasteiger partial charge in [-0.2, -0.15) is 0 Å². The second-order valence-corrected chi connectivity index (χ2v) is 5.27. The lowest BCUT2D eigenvalue weighted by Gasteiger charge is -2.12. The van der Waals surface area contributed by atoms with Crippen molar-refractivity contribution in [3.63, 3.8) is 0 Å². The Balaban J connectivity index is 2.65. The van der Waals surface area contributed by atoms with Crippen molar-refractivity contribution in [1.29, 1.82) is 0 Å². The molecule has 0 saturated heterocycles. The van der Waals surface area contributed by atoms with Crippen molar-refractivity contribution in [3.05, 3.63) is 60.1 Å². The molecule has 2 heteroatoms. The average molecular weight is 278 g/mol. The Morgan fingerprint density at radius 1 is 1.33 bits per heavy atom. The second-order valence-electron chi connectivity index (χ2n) is 5.27. The van der Waals surface area contributed by atoms with Crippen LogP contribution >= 0.6 is 0 Å². The lowest BCUT2D eigenvalue weighted by Crippen LogP contribution is -2.00. The van der Waals surface area contributed by atoms with Crippen molar-refractivity contribution in [1.82, 2.24) is 9.97 Å². The third kappa shape index (κ3) is 3.27. The van der Waals surface area contributed by atoms with E-state index in [1.165, 1.54) is 11.1 Å². The van der Waals surface area contributed by atoms with Gasteiger partial charge < -0.3 is 0 Å². The van der Waals surface area contributed by atoms with Gasteiger partial charge in [-0.25, -0.2) is 4.98 Å². The molecule has 108 valence electrons. The minimum Gasteiger partial charge on any atom is -0.252 e. The first kappa shape index (κ1) is 15.2. The summed E-state index contributed by atoms with van der Waals surface area (Å²) in [7, 11) is 0. The zero-order chi connectivity index (χ0) is 15.4. The zero-order valence-electron chi connectivity index (χ0n) is 13.3. The van der Waals surface area contributed by atoms with Gasteiger partial charge in [0.05, 0.1) is 23.3 Å². The van der Waals surface area contributed by atoms with Crippen molar-refractivity contribution < 1.29 is 0 Å². The van der Waals surface area contributed by atoms with E-state index >= 15 is 0 Å². The minimum absolute atomic E-state index is 0.871. The van der Waals surface area contributed by atoms with Crippen LogP contribution in [-0.2, 0) is 0 Å². The smallest absolute Gasteiger partial charge is 0.0969 e. The third-order valence-electron chi connectivity index (χ3n) is 3.53. The summed E-state index contributed by atoms with van der Waals surface area (Å²) >= 11 is 0. The Kier molecular flexibility index (Phi) is 4.69. The largest absolute Gasteiger partial charge is 0.252 e. The number of aryl methyl sites for hydroxylation is 1. The molecular formula is C19H22N2. The molecule has 0 aliphatic rings. The van der Waals surface area contributed by atoms with Gasteiger partial charge in [0.1, 0.15) is 0 Å². The van der Waals surface area contributed by atoms with Crippen LogP contribution in [0.5, 0.6) is 0 Å². The molecule has 0 amide bonds. The maximum atomic E-state index is 4.86. The van der Waals surface area contributed by atoms with Crippen LogP contribution in [0.2, 0.25) is 0 Å². The summed E-state index contributed by atoms with van der Waals surface area (Å²) in [6, 6.07) is 8.36. The summed E-state index contributed by atoms with van der Waals surface area (Å²) in [4.78, 5) is 9.45. The summed E-state index contributed by atoms with van der Waals surface area (Å²) < 4.78 is 0. The van der Waals surface area contributed by atoms with Gasteiger partial charge >= 0.3 is 0 Å². The average Bonchev–Trinajstić information content (AvgIpc) is 2.48. The number of hydrogen-bond acceptors (Lipinski definition) is 2. The number of rotatable bonds is 4. The summed E-state index contributed by atoms with van der Waals surface area (Å²) in [6.45, 7) is 12.3. The van der Waals surface area contributed by atoms with Crippen molar-refractivity contribution in [2.45, 2.75) is 34.1 Å². The van der Waals surface area contributed by atoms with Crippen LogP contribution in [0.1, 0.15) is 44.1 Å². The maximum absolute atomic E-state index is 4.86. The van der Waals surface area contributed by atoms with Crippen LogP contribution in [0.3, 0.4) is 0 Å². The van der Waals surface area contributed by atoms with E-state index in [-0.39, 0.29) is 0 Å². The zero-order valence-corrected chi connectivity index (χ0v) is 13.3. The van der Waals surface area contributed by atoms with E-state index in [9.17, 15) is 0 Å². The Morgan fingerprint density at radius 3 is 2.67 bits per heavy atom. The second kappa shape index (κ2) is 6.49. The number of hydrogen-bond donors (Lipinski definition) is 0. The number of benzene rings is 1. The fourth-order valence-electron chi connectivity index (χ4n) is 2.38. The van der Waals surface area contributed by atoms with Crippen molar-refractivity contribution >= 4 is 11.1 Å². The molecule has 1 heterocycles. The van der Waals surface area contributed by atoms with Gasteiger partial charge in [0, 0.05) is 5.56 Å². The maximum Gasteiger partial charge on any atom is 0.0969 e. The van der Waals surface area contributed by atoms with E-state index in [2.05, 4.69) is 55.8 Å². The molecule has 1 aromatic carbocycles. The Morgan fingerprint density at radius 2 is 2.10 bits per heavy atom. The molecule has 0 spiro atoms. The van der Waals surface area contributed by atoms with E-state index in [1.807, 2.05) is 20.0 Å². The molecule has 0 unspecified atom stereocenters. The van der Waals surface area contributed by atoms with Crippen LogP contribution in [0, 0.1) is 6.92 Å². The van der Waals surface area contributed by atoms with Crippen LogP contribution in [-0.4, -0.2) is 9.97 Å². The first-order valence-corrected chi connectivity index (χ1v) is 7.32. The van der Waals surface area contributed by atoms with Gasteiger partial charge in [0.15, 0.2) is 0 Å². The van der Waals surface area contributed by atoms with E-state index in [1.54, 1.807) is 0 Å². The number of aromatic nitrogens is 2. The molecule has 0 aliphatic heterocycles. The van der Waals surface area contributed by atoms with Crippen molar-refractivity contribution in [2.24, 2.45) is 0 Å². The first-order valence-electron chi connectivity index (χ1n) is 7.32. The van der Waals surface area contributed by atoms with Gasteiger partial charge in [-0.05, 0) is 44.4 Å². The standard InChI is InChI=1S/C19H22N2/c1-6-15(7-2)17-12-20-18(13(3)4)19(21-17)16-10-8-9-14(5)11-16/h6,8-12H,3,7H2,1-2,4-5H3/b15-6-. The summed E-state index contributed by atoms with van der Waals surface area (Å²) in [6.07, 6.45) is 4.90.